The van der Waals surface area contributed by atoms with E-state index in [9.17, 15) is 0 Å². The van der Waals surface area contributed by atoms with Gasteiger partial charge in [0.2, 0.25) is 0 Å². The van der Waals surface area contributed by atoms with Crippen LogP contribution in [0.4, 0.5) is 5.82 Å². The average molecular weight is 343 g/mol. The van der Waals surface area contributed by atoms with Gasteiger partial charge in [-0.1, -0.05) is 18.2 Å². The maximum atomic E-state index is 5.33. The molecular weight excluding hydrogens is 326 g/mol. The highest BCUT2D eigenvalue weighted by Crippen LogP contribution is 2.35. The molecule has 0 amide bonds. The van der Waals surface area contributed by atoms with Crippen LogP contribution in [0.2, 0.25) is 0 Å². The van der Waals surface area contributed by atoms with Gasteiger partial charge in [0, 0.05) is 23.5 Å². The fourth-order valence-electron chi connectivity index (χ4n) is 2.90. The third-order valence-electron chi connectivity index (χ3n) is 4.18. The lowest BCUT2D eigenvalue weighted by atomic mass is 10.0. The van der Waals surface area contributed by atoms with Gasteiger partial charge in [0.1, 0.15) is 12.1 Å². The van der Waals surface area contributed by atoms with E-state index in [-0.39, 0.29) is 0 Å². The number of nitrogens with one attached hydrogen (secondary N) is 1. The van der Waals surface area contributed by atoms with Gasteiger partial charge in [0.25, 0.3) is 0 Å². The first kappa shape index (κ1) is 16.0. The largest absolute Gasteiger partial charge is 0.497 e. The Hall–Kier alpha value is -3.54. The normalized spacial score (nSPS) is 12.7. The number of aromatic nitrogens is 3. The SMILES string of the molecule is COc1cccc(C2=CCc3c(N/N=C/c4ccncc4)ncnc32)c1. The van der Waals surface area contributed by atoms with E-state index in [2.05, 4.69) is 37.6 Å². The summed E-state index contributed by atoms with van der Waals surface area (Å²) < 4.78 is 5.33. The minimum absolute atomic E-state index is 0.717. The Bertz CT molecular complexity index is 983. The molecule has 128 valence electrons. The van der Waals surface area contributed by atoms with Crippen LogP contribution in [0.5, 0.6) is 5.75 Å². The second-order valence-corrected chi connectivity index (χ2v) is 5.75. The second kappa shape index (κ2) is 7.14. The first-order valence-electron chi connectivity index (χ1n) is 8.23. The van der Waals surface area contributed by atoms with Crippen molar-refractivity contribution in [3.8, 4) is 5.75 Å². The molecule has 1 N–H and O–H groups in total. The summed E-state index contributed by atoms with van der Waals surface area (Å²) in [4.78, 5) is 12.8. The van der Waals surface area contributed by atoms with Crippen LogP contribution in [0.15, 0.2) is 66.3 Å². The Morgan fingerprint density at radius 3 is 2.88 bits per heavy atom. The van der Waals surface area contributed by atoms with E-state index in [1.54, 1.807) is 32.0 Å². The van der Waals surface area contributed by atoms with Crippen LogP contribution in [0.1, 0.15) is 22.4 Å². The third-order valence-corrected chi connectivity index (χ3v) is 4.18. The number of hydrogen-bond donors (Lipinski definition) is 1. The lowest BCUT2D eigenvalue weighted by molar-refractivity contribution is 0.414. The molecule has 3 aromatic rings. The van der Waals surface area contributed by atoms with Crippen molar-refractivity contribution in [1.29, 1.82) is 0 Å². The Morgan fingerprint density at radius 2 is 2.04 bits per heavy atom. The molecule has 6 heteroatoms. The van der Waals surface area contributed by atoms with Crippen molar-refractivity contribution >= 4 is 17.6 Å². The number of nitrogens with zero attached hydrogens (tertiary/aromatic N) is 4. The summed E-state index contributed by atoms with van der Waals surface area (Å²) in [5.41, 5.74) is 8.12. The number of rotatable bonds is 5. The molecule has 0 atom stereocenters. The van der Waals surface area contributed by atoms with E-state index < -0.39 is 0 Å². The third kappa shape index (κ3) is 3.17. The van der Waals surface area contributed by atoms with Crippen LogP contribution in [-0.2, 0) is 6.42 Å². The van der Waals surface area contributed by atoms with Crippen LogP contribution in [0.3, 0.4) is 0 Å². The number of ether oxygens (including phenoxy) is 1. The van der Waals surface area contributed by atoms with Gasteiger partial charge in [0.15, 0.2) is 5.82 Å². The van der Waals surface area contributed by atoms with E-state index in [1.807, 2.05) is 30.3 Å². The quantitative estimate of drug-likeness (QED) is 0.568. The Morgan fingerprint density at radius 1 is 1.15 bits per heavy atom. The van der Waals surface area contributed by atoms with Crippen LogP contribution in [0.25, 0.3) is 5.57 Å². The molecule has 2 aromatic heterocycles. The van der Waals surface area contributed by atoms with Crippen molar-refractivity contribution in [3.63, 3.8) is 0 Å². The van der Waals surface area contributed by atoms with Crippen LogP contribution in [0, 0.1) is 0 Å². The summed E-state index contributed by atoms with van der Waals surface area (Å²) in [5.74, 6) is 1.54. The topological polar surface area (TPSA) is 72.3 Å². The molecule has 0 fully saturated rings. The van der Waals surface area contributed by atoms with E-state index in [0.717, 1.165) is 45.9 Å². The molecule has 4 rings (SSSR count). The van der Waals surface area contributed by atoms with E-state index >= 15 is 0 Å². The van der Waals surface area contributed by atoms with Gasteiger partial charge in [-0.15, -0.1) is 0 Å². The molecule has 1 aromatic carbocycles. The lowest BCUT2D eigenvalue weighted by Gasteiger charge is -2.09. The van der Waals surface area contributed by atoms with Crippen molar-refractivity contribution in [3.05, 3.63) is 83.6 Å². The van der Waals surface area contributed by atoms with Crippen molar-refractivity contribution < 1.29 is 4.74 Å². The molecule has 0 saturated heterocycles. The standard InChI is InChI=1S/C20H17N5O/c1-26-16-4-2-3-15(11-16)17-5-6-18-19(17)22-13-23-20(18)25-24-12-14-7-9-21-10-8-14/h2-5,7-13H,6H2,1H3,(H,22,23,25)/b24-12+. The molecule has 0 aliphatic heterocycles. The van der Waals surface area contributed by atoms with Crippen LogP contribution < -0.4 is 10.2 Å². The fourth-order valence-corrected chi connectivity index (χ4v) is 2.90. The second-order valence-electron chi connectivity index (χ2n) is 5.75. The van der Waals surface area contributed by atoms with Gasteiger partial charge in [0.05, 0.1) is 19.0 Å². The Labute approximate surface area is 151 Å². The van der Waals surface area contributed by atoms with Crippen LogP contribution >= 0.6 is 0 Å². The molecule has 1 aliphatic carbocycles. The molecule has 0 unspecified atom stereocenters. The lowest BCUT2D eigenvalue weighted by Crippen LogP contribution is -2.01. The molecule has 0 radical (unpaired) electrons. The smallest absolute Gasteiger partial charge is 0.153 e. The molecular formula is C20H17N5O. The number of hydrogen-bond acceptors (Lipinski definition) is 6. The molecule has 6 nitrogen and oxygen atoms in total. The van der Waals surface area contributed by atoms with Crippen molar-refractivity contribution in [2.75, 3.05) is 12.5 Å². The van der Waals surface area contributed by atoms with Crippen molar-refractivity contribution in [1.82, 2.24) is 15.0 Å². The Kier molecular flexibility index (Phi) is 4.38. The highest BCUT2D eigenvalue weighted by Gasteiger charge is 2.21. The molecule has 2 heterocycles. The first-order chi connectivity index (χ1) is 12.8. The minimum Gasteiger partial charge on any atom is -0.497 e. The number of allylic oxidation sites excluding steroid dienone is 1. The predicted octanol–water partition coefficient (Wildman–Crippen LogP) is 3.31. The van der Waals surface area contributed by atoms with Gasteiger partial charge in [-0.25, -0.2) is 9.97 Å². The van der Waals surface area contributed by atoms with Gasteiger partial charge in [-0.3, -0.25) is 10.4 Å². The average Bonchev–Trinajstić information content (AvgIpc) is 3.14. The highest BCUT2D eigenvalue weighted by atomic mass is 16.5. The number of hydrazone groups is 1. The maximum absolute atomic E-state index is 5.33. The zero-order valence-corrected chi connectivity index (χ0v) is 14.3. The van der Waals surface area contributed by atoms with Crippen LogP contribution in [-0.4, -0.2) is 28.3 Å². The van der Waals surface area contributed by atoms with E-state index in [4.69, 9.17) is 4.74 Å². The van der Waals surface area contributed by atoms with Crippen molar-refractivity contribution in [2.24, 2.45) is 5.10 Å². The van der Waals surface area contributed by atoms with Gasteiger partial charge in [-0.2, -0.15) is 5.10 Å². The first-order valence-corrected chi connectivity index (χ1v) is 8.23. The molecule has 0 bridgehead atoms. The highest BCUT2D eigenvalue weighted by molar-refractivity contribution is 5.85. The van der Waals surface area contributed by atoms with Gasteiger partial charge >= 0.3 is 0 Å². The van der Waals surface area contributed by atoms with Gasteiger partial charge < -0.3 is 4.74 Å². The van der Waals surface area contributed by atoms with Crippen molar-refractivity contribution in [2.45, 2.75) is 6.42 Å². The summed E-state index contributed by atoms with van der Waals surface area (Å²) in [6.45, 7) is 0. The summed E-state index contributed by atoms with van der Waals surface area (Å²) in [6.07, 6.45) is 9.67. The number of fused-ring (bicyclic) bond motifs is 1. The fraction of sp³-hybridized carbons (Fsp3) is 0.100. The minimum atomic E-state index is 0.717. The van der Waals surface area contributed by atoms with Gasteiger partial charge in [-0.05, 0) is 41.8 Å². The summed E-state index contributed by atoms with van der Waals surface area (Å²) in [7, 11) is 1.67. The summed E-state index contributed by atoms with van der Waals surface area (Å²) in [5, 5.41) is 4.28. The monoisotopic (exact) mass is 343 g/mol. The zero-order chi connectivity index (χ0) is 17.8. The molecule has 1 aliphatic rings. The summed E-state index contributed by atoms with van der Waals surface area (Å²) in [6, 6.07) is 11.8. The molecule has 0 saturated carbocycles. The predicted molar refractivity (Wildman–Crippen MR) is 101 cm³/mol. The number of pyridine rings is 1. The van der Waals surface area contributed by atoms with E-state index in [1.165, 1.54) is 0 Å². The number of anilines is 1. The number of methoxy groups -OCH3 is 1. The molecule has 0 spiro atoms. The maximum Gasteiger partial charge on any atom is 0.153 e. The van der Waals surface area contributed by atoms with E-state index in [0.29, 0.717) is 0 Å². The Balaban J connectivity index is 1.58. The molecule has 26 heavy (non-hydrogen) atoms. The number of benzene rings is 1. The zero-order valence-electron chi connectivity index (χ0n) is 14.3. The summed E-state index contributed by atoms with van der Waals surface area (Å²) >= 11 is 0.